The maximum Gasteiger partial charge on any atom is 2.00 e. The van der Waals surface area contributed by atoms with Crippen LogP contribution in [0.3, 0.4) is 0 Å². The SMILES string of the molecule is C=Cc1c2[n-]c(c1C)/C=C1/[N-]/C(=C3\c4[n-]c(c(C)c4C(=O)[C@@H]3[C@@]3(O)N[O+]3C)/C=c3\[n-]/c(c(C=O)c3CC)=C\2)[C@@H](CCC(=O)OC/C=C(\C)CCC)[C@@H]1C.[Mg+2]. The smallest absolute Gasteiger partial charge is 0.664 e. The molecule has 2 N–H and O–H groups in total. The van der Waals surface area contributed by atoms with Crippen molar-refractivity contribution in [2.45, 2.75) is 79.6 Å². The molecule has 0 saturated carbocycles. The molecule has 3 aromatic heterocycles. The predicted octanol–water partition coefficient (Wildman–Crippen LogP) is 4.40. The monoisotopic (exact) mass is 740 g/mol. The van der Waals surface area contributed by atoms with Crippen molar-refractivity contribution in [2.75, 3.05) is 13.7 Å². The molecule has 0 unspecified atom stereocenters. The van der Waals surface area contributed by atoms with Gasteiger partial charge in [-0.15, -0.1) is 33.5 Å². The molecule has 3 aromatic rings. The second-order valence-electron chi connectivity index (χ2n) is 14.5. The Bertz CT molecular complexity index is 2290. The number of aromatic nitrogens is 3. The second-order valence-corrected chi connectivity index (χ2v) is 14.5. The van der Waals surface area contributed by atoms with Crippen LogP contribution in [0.15, 0.2) is 29.6 Å². The minimum Gasteiger partial charge on any atom is -0.664 e. The van der Waals surface area contributed by atoms with E-state index >= 15 is 0 Å². The van der Waals surface area contributed by atoms with Gasteiger partial charge in [0.05, 0.1) is 0 Å². The minimum absolute atomic E-state index is 0. The van der Waals surface area contributed by atoms with Gasteiger partial charge in [-0.25, -0.2) is 0 Å². The van der Waals surface area contributed by atoms with Crippen molar-refractivity contribution in [2.24, 2.45) is 17.8 Å². The van der Waals surface area contributed by atoms with Crippen LogP contribution < -0.4 is 31.1 Å². The summed E-state index contributed by atoms with van der Waals surface area (Å²) >= 11 is 0. The Balaban J connectivity index is 0.00000497. The average molecular weight is 741 g/mol. The molecule has 0 radical (unpaired) electrons. The molecule has 2 saturated heterocycles. The first-order valence-electron chi connectivity index (χ1n) is 18.4. The van der Waals surface area contributed by atoms with Crippen LogP contribution in [0.4, 0.5) is 0 Å². The van der Waals surface area contributed by atoms with Crippen molar-refractivity contribution in [1.29, 1.82) is 0 Å². The molecule has 6 heterocycles. The summed E-state index contributed by atoms with van der Waals surface area (Å²) in [5, 5.41) is 18.0. The summed E-state index contributed by atoms with van der Waals surface area (Å²) in [6.07, 6.45) is 13.2. The summed E-state index contributed by atoms with van der Waals surface area (Å²) in [6.45, 7) is 16.3. The van der Waals surface area contributed by atoms with Gasteiger partial charge >= 0.3 is 34.9 Å². The molecule has 7 rings (SSSR count). The number of ether oxygens (including phenoxy) is 1. The van der Waals surface area contributed by atoms with Gasteiger partial charge in [-0.05, 0) is 63.5 Å². The summed E-state index contributed by atoms with van der Waals surface area (Å²) < 4.78 is 8.04. The first kappa shape index (κ1) is 39.5. The van der Waals surface area contributed by atoms with E-state index in [4.69, 9.17) is 25.0 Å². The van der Waals surface area contributed by atoms with Crippen LogP contribution in [0.1, 0.15) is 119 Å². The number of hydroxylamine groups is 1. The maximum absolute atomic E-state index is 14.5. The number of esters is 1. The molecule has 4 aliphatic rings. The van der Waals surface area contributed by atoms with E-state index in [9.17, 15) is 19.5 Å². The van der Waals surface area contributed by atoms with Crippen LogP contribution in [0, 0.1) is 31.6 Å². The number of carbonyl (C=O) groups excluding carboxylic acids is 3. The zero-order chi connectivity index (χ0) is 37.9. The van der Waals surface area contributed by atoms with E-state index in [2.05, 4.69) is 30.4 Å². The number of aliphatic hydroxyl groups is 1. The normalized spacial score (nSPS) is 26.5. The Labute approximate surface area is 331 Å². The van der Waals surface area contributed by atoms with Crippen LogP contribution in [0.5, 0.6) is 0 Å². The Kier molecular flexibility index (Phi) is 11.1. The molecule has 54 heavy (non-hydrogen) atoms. The van der Waals surface area contributed by atoms with Crippen molar-refractivity contribution >= 4 is 71.0 Å². The average Bonchev–Trinajstić information content (AvgIpc) is 3.56. The number of fused-ring (bicyclic) bond motifs is 7. The van der Waals surface area contributed by atoms with E-state index in [-0.39, 0.29) is 59.7 Å². The topological polar surface area (TPSA) is 162 Å². The fourth-order valence-electron chi connectivity index (χ4n) is 8.18. The van der Waals surface area contributed by atoms with Crippen molar-refractivity contribution < 1.29 is 28.7 Å². The van der Waals surface area contributed by atoms with Crippen LogP contribution in [0.25, 0.3) is 35.2 Å². The molecular weight excluding hydrogens is 695 g/mol. The van der Waals surface area contributed by atoms with Gasteiger partial charge in [0.25, 0.3) is 0 Å². The van der Waals surface area contributed by atoms with Crippen LogP contribution in [-0.4, -0.2) is 65.8 Å². The molecular formula is C42H46MgN5O6-. The molecule has 4 atom stereocenters. The number of carbonyl (C=O) groups is 3. The molecule has 278 valence electrons. The third kappa shape index (κ3) is 6.51. The standard InChI is InChI=1S/C42H47N5O6.Mg/c1-9-12-21(4)15-16-52-35(49)14-13-27-23(6)30-17-29-22(5)25(10-2)32(43-29)19-34-28(20-48)26(11-3)33(44-34)18-31-24(7)36-40(46-31)37(39(27)45-30)38(41(36)50)42(51)47-53(42)8;/h10,15,17-20,23,27,38,47,51H,2,9,11-14,16H2,1,3-8H3,(H-,45,46,48,50);/q-2;+2/p-1/b21-15+,30-17+,34-19-;/t23-,27-,38+,42-;/m0./s1. The van der Waals surface area contributed by atoms with Crippen molar-refractivity contribution in [3.63, 3.8) is 0 Å². The Hall–Kier alpha value is -4.20. The summed E-state index contributed by atoms with van der Waals surface area (Å²) in [5.74, 6) is -3.86. The fraction of sp³-hybridized carbons (Fsp3) is 0.405. The second kappa shape index (κ2) is 15.1. The summed E-state index contributed by atoms with van der Waals surface area (Å²) in [4.78, 5) is 55.1. The summed E-state index contributed by atoms with van der Waals surface area (Å²) in [7, 11) is 1.60. The van der Waals surface area contributed by atoms with E-state index in [0.717, 1.165) is 41.5 Å². The zero-order valence-electron chi connectivity index (χ0n) is 32.1. The Morgan fingerprint density at radius 2 is 1.76 bits per heavy atom. The number of nitrogens with zero attached hydrogens (tertiary/aromatic N) is 4. The van der Waals surface area contributed by atoms with Gasteiger partial charge in [-0.2, -0.15) is 11.4 Å². The Morgan fingerprint density at radius 3 is 2.41 bits per heavy atom. The molecule has 0 aromatic carbocycles. The number of aldehydes is 1. The number of nitrogens with one attached hydrogen (secondary N) is 1. The van der Waals surface area contributed by atoms with Gasteiger partial charge in [0.1, 0.15) is 12.9 Å². The van der Waals surface area contributed by atoms with Gasteiger partial charge in [0.15, 0.2) is 18.8 Å². The van der Waals surface area contributed by atoms with E-state index in [1.807, 2.05) is 52.0 Å². The van der Waals surface area contributed by atoms with Gasteiger partial charge < -0.3 is 30.1 Å². The summed E-state index contributed by atoms with van der Waals surface area (Å²) in [5.41, 5.74) is 12.2. The number of Topliss-reactive ketones (excluding diaryl/α,β-unsaturated/α-hetero) is 1. The van der Waals surface area contributed by atoms with E-state index in [1.165, 1.54) is 5.57 Å². The minimum atomic E-state index is -1.72. The third-order valence-electron chi connectivity index (χ3n) is 11.3. The molecule has 11 nitrogen and oxygen atoms in total. The Morgan fingerprint density at radius 1 is 1.06 bits per heavy atom. The maximum atomic E-state index is 14.5. The number of rotatable bonds is 11. The number of ketones is 1. The molecule has 0 amide bonds. The molecule has 12 heteroatoms. The van der Waals surface area contributed by atoms with Crippen molar-refractivity contribution in [1.82, 2.24) is 20.4 Å². The third-order valence-corrected chi connectivity index (χ3v) is 11.3. The van der Waals surface area contributed by atoms with Crippen molar-refractivity contribution in [3.8, 4) is 0 Å². The number of hydrogen-bond donors (Lipinski definition) is 2. The van der Waals surface area contributed by atoms with Gasteiger partial charge in [-0.1, -0.05) is 85.9 Å². The molecule has 0 spiro atoms. The quantitative estimate of drug-likeness (QED) is 0.0725. The van der Waals surface area contributed by atoms with E-state index < -0.39 is 11.8 Å². The molecule has 3 aliphatic heterocycles. The van der Waals surface area contributed by atoms with E-state index in [1.54, 1.807) is 13.2 Å². The predicted molar refractivity (Wildman–Crippen MR) is 208 cm³/mol. The van der Waals surface area contributed by atoms with Gasteiger partial charge in [-0.3, -0.25) is 18.9 Å². The van der Waals surface area contributed by atoms with Crippen LogP contribution in [0.2, 0.25) is 0 Å². The molecule has 2 fully saturated rings. The zero-order valence-corrected chi connectivity index (χ0v) is 33.5. The van der Waals surface area contributed by atoms with Gasteiger partial charge in [0.2, 0.25) is 0 Å². The first-order chi connectivity index (χ1) is 25.4. The largest absolute Gasteiger partial charge is 2.00 e. The van der Waals surface area contributed by atoms with E-state index in [0.29, 0.717) is 74.3 Å². The van der Waals surface area contributed by atoms with Crippen LogP contribution in [-0.2, 0) is 20.4 Å². The number of allylic oxidation sites excluding steroid dienone is 3. The molecule has 8 bridgehead atoms. The summed E-state index contributed by atoms with van der Waals surface area (Å²) in [6, 6.07) is 0. The number of hydrogen-bond acceptors (Lipinski definition) is 6. The van der Waals surface area contributed by atoms with Gasteiger partial charge in [0, 0.05) is 23.0 Å². The van der Waals surface area contributed by atoms with Crippen molar-refractivity contribution in [3.05, 3.63) is 102 Å². The molecule has 1 aliphatic carbocycles. The fourth-order valence-corrected chi connectivity index (χ4v) is 8.18. The van der Waals surface area contributed by atoms with Crippen LogP contribution >= 0.6 is 0 Å². The first-order valence-corrected chi connectivity index (χ1v) is 18.4.